The SMILES string of the molecule is CC.CC.CC.Cc1ccc(C)c2c1CCCC2. The Hall–Kier alpha value is -0.780. The van der Waals surface area contributed by atoms with Crippen molar-refractivity contribution in [2.45, 2.75) is 81.1 Å². The predicted molar refractivity (Wildman–Crippen MR) is 86.6 cm³/mol. The topological polar surface area (TPSA) is 0 Å². The molecule has 0 heterocycles. The highest BCUT2D eigenvalue weighted by Crippen LogP contribution is 2.26. The molecule has 0 amide bonds. The summed E-state index contributed by atoms with van der Waals surface area (Å²) >= 11 is 0. The molecule has 0 bridgehead atoms. The number of aryl methyl sites for hydroxylation is 2. The molecule has 0 fully saturated rings. The highest BCUT2D eigenvalue weighted by molar-refractivity contribution is 5.41. The first kappa shape index (κ1) is 19.6. The molecule has 0 atom stereocenters. The van der Waals surface area contributed by atoms with Crippen LogP contribution in [0.4, 0.5) is 0 Å². The van der Waals surface area contributed by atoms with Gasteiger partial charge in [0.1, 0.15) is 0 Å². The van der Waals surface area contributed by atoms with E-state index in [0.29, 0.717) is 0 Å². The van der Waals surface area contributed by atoms with Crippen molar-refractivity contribution >= 4 is 0 Å². The largest absolute Gasteiger partial charge is 0.0683 e. The van der Waals surface area contributed by atoms with Crippen molar-refractivity contribution in [3.63, 3.8) is 0 Å². The minimum Gasteiger partial charge on any atom is -0.0683 e. The van der Waals surface area contributed by atoms with Crippen LogP contribution in [0.1, 0.15) is 76.6 Å². The predicted octanol–water partition coefficient (Wildman–Crippen LogP) is 6.26. The lowest BCUT2D eigenvalue weighted by molar-refractivity contribution is 0.678. The molecule has 0 N–H and O–H groups in total. The van der Waals surface area contributed by atoms with Gasteiger partial charge < -0.3 is 0 Å². The number of benzene rings is 1. The van der Waals surface area contributed by atoms with Crippen LogP contribution in [-0.2, 0) is 12.8 Å². The Morgan fingerprint density at radius 3 is 1.17 bits per heavy atom. The van der Waals surface area contributed by atoms with Gasteiger partial charge in [-0.25, -0.2) is 0 Å². The van der Waals surface area contributed by atoms with Gasteiger partial charge in [0.25, 0.3) is 0 Å². The van der Waals surface area contributed by atoms with E-state index in [0.717, 1.165) is 0 Å². The Morgan fingerprint density at radius 2 is 0.889 bits per heavy atom. The van der Waals surface area contributed by atoms with Crippen LogP contribution >= 0.6 is 0 Å². The molecule has 1 aliphatic rings. The molecular weight excluding hydrogens is 216 g/mol. The first-order valence-corrected chi connectivity index (χ1v) is 7.87. The molecule has 0 unspecified atom stereocenters. The fourth-order valence-corrected chi connectivity index (χ4v) is 2.23. The molecule has 0 radical (unpaired) electrons. The van der Waals surface area contributed by atoms with Gasteiger partial charge in [-0.05, 0) is 61.8 Å². The Labute approximate surface area is 116 Å². The molecule has 0 saturated carbocycles. The maximum absolute atomic E-state index is 2.26. The van der Waals surface area contributed by atoms with Crippen LogP contribution in [0.5, 0.6) is 0 Å². The Bertz CT molecular complexity index is 266. The van der Waals surface area contributed by atoms with E-state index in [2.05, 4.69) is 26.0 Å². The Balaban J connectivity index is 0. The van der Waals surface area contributed by atoms with E-state index in [9.17, 15) is 0 Å². The lowest BCUT2D eigenvalue weighted by Crippen LogP contribution is -2.06. The zero-order valence-corrected chi connectivity index (χ0v) is 14.0. The van der Waals surface area contributed by atoms with Crippen LogP contribution in [0.2, 0.25) is 0 Å². The molecule has 0 aliphatic heterocycles. The summed E-state index contributed by atoms with van der Waals surface area (Å²) < 4.78 is 0. The monoisotopic (exact) mass is 250 g/mol. The van der Waals surface area contributed by atoms with Gasteiger partial charge in [-0.1, -0.05) is 53.7 Å². The van der Waals surface area contributed by atoms with Crippen molar-refractivity contribution in [1.82, 2.24) is 0 Å². The van der Waals surface area contributed by atoms with E-state index >= 15 is 0 Å². The van der Waals surface area contributed by atoms with Crippen molar-refractivity contribution in [2.24, 2.45) is 0 Å². The average molecular weight is 250 g/mol. The highest BCUT2D eigenvalue weighted by atomic mass is 14.2. The molecule has 2 rings (SSSR count). The van der Waals surface area contributed by atoms with Gasteiger partial charge in [0.05, 0.1) is 0 Å². The van der Waals surface area contributed by atoms with Gasteiger partial charge >= 0.3 is 0 Å². The summed E-state index contributed by atoms with van der Waals surface area (Å²) in [5, 5.41) is 0. The van der Waals surface area contributed by atoms with E-state index in [1.54, 1.807) is 11.1 Å². The molecule has 0 nitrogen and oxygen atoms in total. The van der Waals surface area contributed by atoms with E-state index in [1.165, 1.54) is 36.8 Å². The fraction of sp³-hybridized carbons (Fsp3) is 0.667. The maximum atomic E-state index is 2.26. The summed E-state index contributed by atoms with van der Waals surface area (Å²) in [5.74, 6) is 0. The first-order chi connectivity index (χ1) is 8.79. The summed E-state index contributed by atoms with van der Waals surface area (Å²) in [5.41, 5.74) is 6.27. The second-order valence-electron chi connectivity index (χ2n) is 3.86. The fourth-order valence-electron chi connectivity index (χ4n) is 2.23. The normalized spacial score (nSPS) is 11.6. The molecule has 106 valence electrons. The number of rotatable bonds is 0. The number of hydrogen-bond acceptors (Lipinski definition) is 0. The van der Waals surface area contributed by atoms with Crippen LogP contribution in [0.3, 0.4) is 0 Å². The Kier molecular flexibility index (Phi) is 13.8. The summed E-state index contributed by atoms with van der Waals surface area (Å²) in [4.78, 5) is 0. The molecule has 1 aromatic carbocycles. The molecule has 1 aromatic rings. The Morgan fingerprint density at radius 1 is 0.611 bits per heavy atom. The van der Waals surface area contributed by atoms with Crippen LogP contribution < -0.4 is 0 Å². The van der Waals surface area contributed by atoms with Crippen LogP contribution in [0.25, 0.3) is 0 Å². The second-order valence-corrected chi connectivity index (χ2v) is 3.86. The first-order valence-electron chi connectivity index (χ1n) is 7.87. The van der Waals surface area contributed by atoms with Gasteiger partial charge in [0.15, 0.2) is 0 Å². The van der Waals surface area contributed by atoms with E-state index in [4.69, 9.17) is 0 Å². The highest BCUT2D eigenvalue weighted by Gasteiger charge is 2.12. The van der Waals surface area contributed by atoms with Crippen LogP contribution in [0, 0.1) is 13.8 Å². The molecular formula is C18H34. The third kappa shape index (κ3) is 5.71. The van der Waals surface area contributed by atoms with Crippen molar-refractivity contribution in [2.75, 3.05) is 0 Å². The van der Waals surface area contributed by atoms with Gasteiger partial charge in [-0.3, -0.25) is 0 Å². The van der Waals surface area contributed by atoms with E-state index in [1.807, 2.05) is 41.5 Å². The molecule has 0 aromatic heterocycles. The third-order valence-electron chi connectivity index (χ3n) is 3.00. The van der Waals surface area contributed by atoms with Crippen molar-refractivity contribution in [3.05, 3.63) is 34.4 Å². The summed E-state index contributed by atoms with van der Waals surface area (Å²) in [6.45, 7) is 16.5. The lowest BCUT2D eigenvalue weighted by Gasteiger charge is -2.19. The van der Waals surface area contributed by atoms with Crippen molar-refractivity contribution in [1.29, 1.82) is 0 Å². The van der Waals surface area contributed by atoms with Crippen LogP contribution in [0.15, 0.2) is 12.1 Å². The van der Waals surface area contributed by atoms with Crippen molar-refractivity contribution in [3.8, 4) is 0 Å². The molecule has 18 heavy (non-hydrogen) atoms. The van der Waals surface area contributed by atoms with Gasteiger partial charge in [-0.2, -0.15) is 0 Å². The minimum atomic E-state index is 1.31. The van der Waals surface area contributed by atoms with E-state index < -0.39 is 0 Å². The van der Waals surface area contributed by atoms with Crippen LogP contribution in [-0.4, -0.2) is 0 Å². The maximum Gasteiger partial charge on any atom is -0.0273 e. The quantitative estimate of drug-likeness (QED) is 0.509. The van der Waals surface area contributed by atoms with Gasteiger partial charge in [0.2, 0.25) is 0 Å². The number of hydrogen-bond donors (Lipinski definition) is 0. The smallest absolute Gasteiger partial charge is 0.0273 e. The zero-order valence-electron chi connectivity index (χ0n) is 14.0. The molecule has 0 heteroatoms. The lowest BCUT2D eigenvalue weighted by atomic mass is 9.86. The average Bonchev–Trinajstić information content (AvgIpc) is 2.50. The van der Waals surface area contributed by atoms with Gasteiger partial charge in [-0.15, -0.1) is 0 Å². The summed E-state index contributed by atoms with van der Waals surface area (Å²) in [6.07, 6.45) is 5.39. The van der Waals surface area contributed by atoms with Crippen molar-refractivity contribution < 1.29 is 0 Å². The molecule has 0 spiro atoms. The zero-order chi connectivity index (χ0) is 14.6. The minimum absolute atomic E-state index is 1.31. The third-order valence-corrected chi connectivity index (χ3v) is 3.00. The number of fused-ring (bicyclic) bond motifs is 1. The molecule has 1 aliphatic carbocycles. The summed E-state index contributed by atoms with van der Waals surface area (Å²) in [6, 6.07) is 4.53. The van der Waals surface area contributed by atoms with E-state index in [-0.39, 0.29) is 0 Å². The standard InChI is InChI=1S/C12H16.3C2H6/c1-9-7-8-10(2)12-6-4-3-5-11(9)12;3*1-2/h7-8H,3-6H2,1-2H3;3*1-2H3. The second kappa shape index (κ2) is 12.7. The summed E-state index contributed by atoms with van der Waals surface area (Å²) in [7, 11) is 0. The van der Waals surface area contributed by atoms with Gasteiger partial charge in [0, 0.05) is 0 Å². The molecule has 0 saturated heterocycles.